The number of rotatable bonds is 7. The van der Waals surface area contributed by atoms with Gasteiger partial charge in [-0.2, -0.15) is 10.2 Å². The van der Waals surface area contributed by atoms with Crippen LogP contribution in [0.2, 0.25) is 0 Å². The van der Waals surface area contributed by atoms with E-state index in [1.165, 1.54) is 0 Å². The maximum atomic E-state index is 14.8. The van der Waals surface area contributed by atoms with Crippen molar-refractivity contribution in [3.05, 3.63) is 84.6 Å². The van der Waals surface area contributed by atoms with Gasteiger partial charge >= 0.3 is 0 Å². The lowest BCUT2D eigenvalue weighted by Gasteiger charge is -2.22. The minimum absolute atomic E-state index is 0.0390. The zero-order chi connectivity index (χ0) is 28.1. The number of hydrogen-bond donors (Lipinski definition) is 1. The van der Waals surface area contributed by atoms with E-state index in [2.05, 4.69) is 26.7 Å². The Morgan fingerprint density at radius 2 is 1.66 bits per heavy atom. The van der Waals surface area contributed by atoms with Crippen LogP contribution in [0, 0.1) is 11.6 Å². The van der Waals surface area contributed by atoms with Crippen LogP contribution in [0.4, 0.5) is 8.78 Å². The quantitative estimate of drug-likeness (QED) is 0.287. The van der Waals surface area contributed by atoms with E-state index in [-0.39, 0.29) is 16.7 Å². The van der Waals surface area contributed by atoms with Crippen molar-refractivity contribution >= 4 is 15.4 Å². The van der Waals surface area contributed by atoms with Gasteiger partial charge in [0.25, 0.3) is 0 Å². The van der Waals surface area contributed by atoms with Crippen molar-refractivity contribution in [2.45, 2.75) is 42.7 Å². The Hall–Kier alpha value is -3.96. The molecule has 0 bridgehead atoms. The lowest BCUT2D eigenvalue weighted by Crippen LogP contribution is -2.29. The zero-order valence-corrected chi connectivity index (χ0v) is 23.0. The molecule has 1 aliphatic heterocycles. The normalized spacial score (nSPS) is 16.4. The highest BCUT2D eigenvalue weighted by Crippen LogP contribution is 2.35. The summed E-state index contributed by atoms with van der Waals surface area (Å²) in [6, 6.07) is 10.3. The molecule has 5 heterocycles. The Morgan fingerprint density at radius 1 is 0.854 bits per heavy atom. The number of pyridine rings is 2. The van der Waals surface area contributed by atoms with Crippen LogP contribution in [-0.2, 0) is 15.6 Å². The number of nitrogens with one attached hydrogen (secondary N) is 1. The molecule has 4 aromatic heterocycles. The summed E-state index contributed by atoms with van der Waals surface area (Å²) in [5.41, 5.74) is 5.07. The highest BCUT2D eigenvalue weighted by molar-refractivity contribution is 7.91. The average Bonchev–Trinajstić information content (AvgIpc) is 3.57. The maximum Gasteiger partial charge on any atom is 0.157 e. The third-order valence-corrected chi connectivity index (χ3v) is 10.1. The fourth-order valence-electron chi connectivity index (χ4n) is 5.61. The number of aromatic nitrogens is 5. The van der Waals surface area contributed by atoms with Crippen LogP contribution >= 0.6 is 0 Å². The zero-order valence-electron chi connectivity index (χ0n) is 22.2. The monoisotopic (exact) mass is 574 g/mol. The molecule has 0 atom stereocenters. The summed E-state index contributed by atoms with van der Waals surface area (Å²) in [7, 11) is -3.33. The second-order valence-electron chi connectivity index (χ2n) is 10.9. The van der Waals surface area contributed by atoms with Gasteiger partial charge in [0.05, 0.1) is 41.2 Å². The number of fused-ring (bicyclic) bond motifs is 1. The van der Waals surface area contributed by atoms with E-state index in [0.29, 0.717) is 35.6 Å². The van der Waals surface area contributed by atoms with Crippen LogP contribution in [0.3, 0.4) is 0 Å². The molecule has 41 heavy (non-hydrogen) atoms. The molecule has 1 aliphatic carbocycles. The van der Waals surface area contributed by atoms with Crippen molar-refractivity contribution in [1.82, 2.24) is 29.7 Å². The van der Waals surface area contributed by atoms with Crippen LogP contribution in [0.1, 0.15) is 37.3 Å². The molecule has 0 amide bonds. The summed E-state index contributed by atoms with van der Waals surface area (Å²) >= 11 is 0. The van der Waals surface area contributed by atoms with Gasteiger partial charge in [0.15, 0.2) is 15.7 Å². The van der Waals surface area contributed by atoms with Crippen LogP contribution in [-0.4, -0.2) is 51.1 Å². The van der Waals surface area contributed by atoms with Gasteiger partial charge in [-0.15, -0.1) is 0 Å². The van der Waals surface area contributed by atoms with Gasteiger partial charge < -0.3 is 5.32 Å². The predicted molar refractivity (Wildman–Crippen MR) is 152 cm³/mol. The van der Waals surface area contributed by atoms with Gasteiger partial charge in [-0.25, -0.2) is 21.7 Å². The summed E-state index contributed by atoms with van der Waals surface area (Å²) in [6.07, 6.45) is 12.0. The first-order chi connectivity index (χ1) is 19.8. The Bertz CT molecular complexity index is 1870. The fraction of sp³-hybridized carbons (Fsp3) is 0.300. The Morgan fingerprint density at radius 3 is 2.44 bits per heavy atom. The topological polar surface area (TPSA) is 94.2 Å². The highest BCUT2D eigenvalue weighted by Gasteiger charge is 2.35. The molecule has 1 saturated heterocycles. The second-order valence-corrected chi connectivity index (χ2v) is 13.2. The molecule has 210 valence electrons. The Labute approximate surface area is 236 Å². The summed E-state index contributed by atoms with van der Waals surface area (Å²) in [4.78, 5) is 3.97. The minimum atomic E-state index is -3.33. The van der Waals surface area contributed by atoms with E-state index in [4.69, 9.17) is 0 Å². The second kappa shape index (κ2) is 10.1. The van der Waals surface area contributed by atoms with E-state index in [1.54, 1.807) is 28.9 Å². The maximum absolute atomic E-state index is 14.8. The molecule has 2 fully saturated rings. The van der Waals surface area contributed by atoms with Crippen LogP contribution < -0.4 is 5.32 Å². The molecule has 11 heteroatoms. The number of sulfone groups is 1. The summed E-state index contributed by atoms with van der Waals surface area (Å²) in [6.45, 7) is 1.97. The molecular formula is C30H28F2N6O2S. The van der Waals surface area contributed by atoms with Gasteiger partial charge in [-0.1, -0.05) is 6.07 Å². The van der Waals surface area contributed by atoms with Crippen molar-refractivity contribution in [3.8, 4) is 33.5 Å². The lowest BCUT2D eigenvalue weighted by atomic mass is 9.99. The molecule has 1 saturated carbocycles. The van der Waals surface area contributed by atoms with Gasteiger partial charge in [-0.3, -0.25) is 9.67 Å². The molecule has 1 aromatic carbocycles. The smallest absolute Gasteiger partial charge is 0.157 e. The predicted octanol–water partition coefficient (Wildman–Crippen LogP) is 5.21. The number of halogens is 2. The number of hydrogen-bond acceptors (Lipinski definition) is 6. The van der Waals surface area contributed by atoms with Gasteiger partial charge in [0.1, 0.15) is 11.5 Å². The number of benzene rings is 1. The number of nitrogens with zero attached hydrogens (tertiary/aromatic N) is 5. The third kappa shape index (κ3) is 5.15. The van der Waals surface area contributed by atoms with Gasteiger partial charge in [0.2, 0.25) is 0 Å². The minimum Gasteiger partial charge on any atom is -0.317 e. The van der Waals surface area contributed by atoms with Crippen LogP contribution in [0.15, 0.2) is 67.4 Å². The molecule has 1 N–H and O–H groups in total. The number of piperidine rings is 1. The Kier molecular flexibility index (Phi) is 6.43. The molecule has 5 aromatic rings. The van der Waals surface area contributed by atoms with E-state index < -0.39 is 21.5 Å². The van der Waals surface area contributed by atoms with E-state index >= 15 is 0 Å². The van der Waals surface area contributed by atoms with Crippen LogP contribution in [0.5, 0.6) is 0 Å². The molecule has 7 rings (SSSR count). The highest BCUT2D eigenvalue weighted by atomic mass is 32.2. The largest absolute Gasteiger partial charge is 0.317 e. The molecule has 8 nitrogen and oxygen atoms in total. The van der Waals surface area contributed by atoms with Gasteiger partial charge in [0, 0.05) is 40.7 Å². The van der Waals surface area contributed by atoms with Crippen molar-refractivity contribution in [3.63, 3.8) is 0 Å². The van der Waals surface area contributed by atoms with E-state index in [0.717, 1.165) is 60.4 Å². The SMILES string of the molecule is O=S(=O)(Cc1cc(-c2ncc(F)cc2F)cc(-c2cnn3cc(-c4cnn(C5CCNCC5)c4)ccc23)c1)C1CC1. The fourth-order valence-corrected chi connectivity index (χ4v) is 7.33. The first kappa shape index (κ1) is 26.0. The van der Waals surface area contributed by atoms with E-state index in [1.807, 2.05) is 29.2 Å². The van der Waals surface area contributed by atoms with E-state index in [9.17, 15) is 17.2 Å². The lowest BCUT2D eigenvalue weighted by molar-refractivity contribution is 0.343. The third-order valence-electron chi connectivity index (χ3n) is 7.92. The summed E-state index contributed by atoms with van der Waals surface area (Å²) in [5.74, 6) is -1.75. The molecule has 0 radical (unpaired) electrons. The standard InChI is InChI=1S/C30H28F2N6O2S/c31-24-12-28(32)30(34-14-24)22-10-19(18-41(39,40)26-2-3-26)9-21(11-22)27-15-36-38-16-20(1-4-29(27)38)23-13-35-37(17-23)25-5-7-33-8-6-25/h1,4,9-17,25-26,33H,2-3,5-8,18H2. The molecular weight excluding hydrogens is 546 g/mol. The first-order valence-electron chi connectivity index (χ1n) is 13.7. The van der Waals surface area contributed by atoms with Crippen molar-refractivity contribution in [1.29, 1.82) is 0 Å². The van der Waals surface area contributed by atoms with Crippen molar-refractivity contribution in [2.24, 2.45) is 0 Å². The van der Waals surface area contributed by atoms with Gasteiger partial charge in [-0.05, 0) is 74.2 Å². The summed E-state index contributed by atoms with van der Waals surface area (Å²) < 4.78 is 57.8. The van der Waals surface area contributed by atoms with Crippen LogP contribution in [0.25, 0.3) is 39.0 Å². The molecule has 0 spiro atoms. The van der Waals surface area contributed by atoms with Crippen molar-refractivity contribution < 1.29 is 17.2 Å². The average molecular weight is 575 g/mol. The van der Waals surface area contributed by atoms with Crippen molar-refractivity contribution in [2.75, 3.05) is 13.1 Å². The Balaban J connectivity index is 1.27. The molecule has 2 aliphatic rings. The summed E-state index contributed by atoms with van der Waals surface area (Å²) in [5, 5.41) is 12.2. The molecule has 0 unspecified atom stereocenters. The first-order valence-corrected chi connectivity index (χ1v) is 15.5.